The van der Waals surface area contributed by atoms with E-state index in [1.165, 1.54) is 0 Å². The summed E-state index contributed by atoms with van der Waals surface area (Å²) < 4.78 is 15.9. The average molecular weight is 441 g/mol. The first kappa shape index (κ1) is 23.1. The maximum absolute atomic E-state index is 12.2. The Morgan fingerprint density at radius 3 is 2.50 bits per heavy atom. The van der Waals surface area contributed by atoms with Crippen molar-refractivity contribution in [3.8, 4) is 11.5 Å². The summed E-state index contributed by atoms with van der Waals surface area (Å²) in [5.74, 6) is 0.426. The van der Waals surface area contributed by atoms with E-state index in [1.54, 1.807) is 55.6 Å². The van der Waals surface area contributed by atoms with Gasteiger partial charge in [-0.15, -0.1) is 0 Å². The Morgan fingerprint density at radius 1 is 1.03 bits per heavy atom. The van der Waals surface area contributed by atoms with E-state index >= 15 is 0 Å². The van der Waals surface area contributed by atoms with Gasteiger partial charge in [0.15, 0.2) is 6.61 Å². The molecule has 0 saturated carbocycles. The summed E-state index contributed by atoms with van der Waals surface area (Å²) in [7, 11) is 1.56. The Morgan fingerprint density at radius 2 is 1.78 bits per heavy atom. The van der Waals surface area contributed by atoms with Crippen LogP contribution in [-0.4, -0.2) is 57.2 Å². The molecular formula is C23H27N3O6. The second kappa shape index (κ2) is 11.7. The average Bonchev–Trinajstić information content (AvgIpc) is 3.36. The van der Waals surface area contributed by atoms with Gasteiger partial charge < -0.3 is 30.2 Å². The minimum atomic E-state index is -0.380. The molecule has 0 spiro atoms. The van der Waals surface area contributed by atoms with Crippen LogP contribution in [0.3, 0.4) is 0 Å². The number of rotatable bonds is 10. The minimum Gasteiger partial charge on any atom is -0.497 e. The molecule has 1 atom stereocenters. The molecule has 2 aromatic rings. The summed E-state index contributed by atoms with van der Waals surface area (Å²) in [6, 6.07) is 13.5. The molecule has 0 aliphatic carbocycles. The number of amides is 3. The van der Waals surface area contributed by atoms with Crippen molar-refractivity contribution in [2.45, 2.75) is 18.9 Å². The summed E-state index contributed by atoms with van der Waals surface area (Å²) >= 11 is 0. The molecule has 1 heterocycles. The van der Waals surface area contributed by atoms with Crippen molar-refractivity contribution in [1.82, 2.24) is 10.6 Å². The van der Waals surface area contributed by atoms with Crippen molar-refractivity contribution in [3.63, 3.8) is 0 Å². The predicted octanol–water partition coefficient (Wildman–Crippen LogP) is 1.74. The molecule has 1 aliphatic heterocycles. The maximum Gasteiger partial charge on any atom is 0.262 e. The fraction of sp³-hybridized carbons (Fsp3) is 0.348. The van der Waals surface area contributed by atoms with Crippen LogP contribution in [-0.2, 0) is 14.3 Å². The molecule has 3 amide bonds. The number of anilines is 1. The van der Waals surface area contributed by atoms with Crippen molar-refractivity contribution in [2.24, 2.45) is 0 Å². The predicted molar refractivity (Wildman–Crippen MR) is 118 cm³/mol. The Labute approximate surface area is 186 Å². The fourth-order valence-electron chi connectivity index (χ4n) is 3.10. The molecule has 32 heavy (non-hydrogen) atoms. The summed E-state index contributed by atoms with van der Waals surface area (Å²) in [5, 5.41) is 8.20. The molecule has 3 N–H and O–H groups in total. The van der Waals surface area contributed by atoms with Crippen LogP contribution in [0.2, 0.25) is 0 Å². The second-order valence-corrected chi connectivity index (χ2v) is 7.14. The van der Waals surface area contributed by atoms with E-state index in [2.05, 4.69) is 16.0 Å². The van der Waals surface area contributed by atoms with Crippen LogP contribution in [0.15, 0.2) is 48.5 Å². The van der Waals surface area contributed by atoms with Crippen LogP contribution in [0.5, 0.6) is 11.5 Å². The van der Waals surface area contributed by atoms with Gasteiger partial charge in [-0.25, -0.2) is 0 Å². The second-order valence-electron chi connectivity index (χ2n) is 7.14. The standard InChI is InChI=1S/C23H27N3O6/c1-30-18-4-2-5-19(14-18)32-15-21(27)26-17-9-7-16(8-10-17)22(28)24-11-12-25-23(29)20-6-3-13-31-20/h2,4-5,7-10,14,20H,3,6,11-13,15H2,1H3,(H,24,28)(H,25,29)(H,26,27). The van der Waals surface area contributed by atoms with Gasteiger partial charge in [0.1, 0.15) is 17.6 Å². The largest absolute Gasteiger partial charge is 0.497 e. The third kappa shape index (κ3) is 6.98. The van der Waals surface area contributed by atoms with Crippen LogP contribution >= 0.6 is 0 Å². The van der Waals surface area contributed by atoms with Gasteiger partial charge in [-0.1, -0.05) is 6.07 Å². The van der Waals surface area contributed by atoms with Crippen molar-refractivity contribution in [2.75, 3.05) is 38.7 Å². The van der Waals surface area contributed by atoms with Gasteiger partial charge in [0.25, 0.3) is 11.8 Å². The number of carbonyl (C=O) groups excluding carboxylic acids is 3. The Bertz CT molecular complexity index is 926. The Hall–Kier alpha value is -3.59. The highest BCUT2D eigenvalue weighted by atomic mass is 16.5. The molecule has 0 radical (unpaired) electrons. The van der Waals surface area contributed by atoms with E-state index in [1.807, 2.05) is 0 Å². The number of ether oxygens (including phenoxy) is 3. The minimum absolute atomic E-state index is 0.146. The molecule has 1 fully saturated rings. The first-order valence-electron chi connectivity index (χ1n) is 10.4. The number of hydrogen-bond acceptors (Lipinski definition) is 6. The lowest BCUT2D eigenvalue weighted by Gasteiger charge is -2.11. The topological polar surface area (TPSA) is 115 Å². The van der Waals surface area contributed by atoms with E-state index < -0.39 is 0 Å². The normalized spacial score (nSPS) is 15.0. The van der Waals surface area contributed by atoms with Crippen molar-refractivity contribution < 1.29 is 28.6 Å². The molecule has 9 heteroatoms. The number of hydrogen-bond donors (Lipinski definition) is 3. The lowest BCUT2D eigenvalue weighted by Crippen LogP contribution is -2.39. The zero-order chi connectivity index (χ0) is 22.8. The van der Waals surface area contributed by atoms with Gasteiger partial charge in [0, 0.05) is 37.0 Å². The van der Waals surface area contributed by atoms with Crippen molar-refractivity contribution in [1.29, 1.82) is 0 Å². The maximum atomic E-state index is 12.2. The monoisotopic (exact) mass is 441 g/mol. The first-order valence-corrected chi connectivity index (χ1v) is 10.4. The quantitative estimate of drug-likeness (QED) is 0.484. The van der Waals surface area contributed by atoms with Crippen LogP contribution in [0.25, 0.3) is 0 Å². The van der Waals surface area contributed by atoms with Crippen LogP contribution in [0, 0.1) is 0 Å². The van der Waals surface area contributed by atoms with Crippen LogP contribution in [0.4, 0.5) is 5.69 Å². The Balaban J connectivity index is 1.37. The van der Waals surface area contributed by atoms with E-state index in [9.17, 15) is 14.4 Å². The molecule has 1 aliphatic rings. The van der Waals surface area contributed by atoms with E-state index in [0.29, 0.717) is 42.4 Å². The van der Waals surface area contributed by atoms with Gasteiger partial charge in [0.2, 0.25) is 5.91 Å². The first-order chi connectivity index (χ1) is 15.5. The lowest BCUT2D eigenvalue weighted by molar-refractivity contribution is -0.130. The van der Waals surface area contributed by atoms with Crippen LogP contribution in [0.1, 0.15) is 23.2 Å². The summed E-state index contributed by atoms with van der Waals surface area (Å²) in [5.41, 5.74) is 0.991. The molecule has 0 aromatic heterocycles. The van der Waals surface area contributed by atoms with E-state index in [4.69, 9.17) is 14.2 Å². The molecule has 1 unspecified atom stereocenters. The number of nitrogens with one attached hydrogen (secondary N) is 3. The number of carbonyl (C=O) groups is 3. The van der Waals surface area contributed by atoms with Crippen LogP contribution < -0.4 is 25.4 Å². The van der Waals surface area contributed by atoms with Gasteiger partial charge in [-0.3, -0.25) is 14.4 Å². The summed E-state index contributed by atoms with van der Waals surface area (Å²) in [4.78, 5) is 36.2. The summed E-state index contributed by atoms with van der Waals surface area (Å²) in [6.45, 7) is 1.08. The van der Waals surface area contributed by atoms with E-state index in [0.717, 1.165) is 12.8 Å². The van der Waals surface area contributed by atoms with Gasteiger partial charge in [-0.2, -0.15) is 0 Å². The zero-order valence-electron chi connectivity index (χ0n) is 17.9. The van der Waals surface area contributed by atoms with Gasteiger partial charge in [0.05, 0.1) is 7.11 Å². The molecule has 170 valence electrons. The Kier molecular flexibility index (Phi) is 8.44. The number of methoxy groups -OCH3 is 1. The molecule has 1 saturated heterocycles. The summed E-state index contributed by atoms with van der Waals surface area (Å²) in [6.07, 6.45) is 1.24. The smallest absolute Gasteiger partial charge is 0.262 e. The molecule has 3 rings (SSSR count). The molecular weight excluding hydrogens is 414 g/mol. The zero-order valence-corrected chi connectivity index (χ0v) is 17.9. The SMILES string of the molecule is COc1cccc(OCC(=O)Nc2ccc(C(=O)NCCNC(=O)C3CCCO3)cc2)c1. The number of benzene rings is 2. The molecule has 9 nitrogen and oxygen atoms in total. The third-order valence-corrected chi connectivity index (χ3v) is 4.77. The lowest BCUT2D eigenvalue weighted by atomic mass is 10.2. The fourth-order valence-corrected chi connectivity index (χ4v) is 3.10. The van der Waals surface area contributed by atoms with Crippen molar-refractivity contribution >= 4 is 23.4 Å². The van der Waals surface area contributed by atoms with Crippen molar-refractivity contribution in [3.05, 3.63) is 54.1 Å². The van der Waals surface area contributed by atoms with E-state index in [-0.39, 0.29) is 30.4 Å². The highest BCUT2D eigenvalue weighted by Crippen LogP contribution is 2.19. The van der Waals surface area contributed by atoms with Gasteiger partial charge >= 0.3 is 0 Å². The highest BCUT2D eigenvalue weighted by molar-refractivity contribution is 5.96. The molecule has 2 aromatic carbocycles. The van der Waals surface area contributed by atoms with Gasteiger partial charge in [-0.05, 0) is 49.2 Å². The molecule has 0 bridgehead atoms. The third-order valence-electron chi connectivity index (χ3n) is 4.77. The highest BCUT2D eigenvalue weighted by Gasteiger charge is 2.22.